The fourth-order valence-corrected chi connectivity index (χ4v) is 2.58. The van der Waals surface area contributed by atoms with Gasteiger partial charge in [0.05, 0.1) is 6.61 Å². The first-order valence-electron chi connectivity index (χ1n) is 7.51. The third-order valence-corrected chi connectivity index (χ3v) is 3.69. The molecule has 3 nitrogen and oxygen atoms in total. The summed E-state index contributed by atoms with van der Waals surface area (Å²) in [6.07, 6.45) is 4.01. The van der Waals surface area contributed by atoms with Crippen molar-refractivity contribution >= 4 is 0 Å². The summed E-state index contributed by atoms with van der Waals surface area (Å²) in [6, 6.07) is 8.37. The average molecular weight is 262 g/mol. The zero-order valence-corrected chi connectivity index (χ0v) is 12.0. The van der Waals surface area contributed by atoms with Crippen LogP contribution in [0.2, 0.25) is 0 Å². The van der Waals surface area contributed by atoms with Crippen molar-refractivity contribution in [2.24, 2.45) is 5.92 Å². The minimum Gasteiger partial charge on any atom is -0.494 e. The molecule has 1 saturated heterocycles. The largest absolute Gasteiger partial charge is 0.494 e. The van der Waals surface area contributed by atoms with E-state index in [1.807, 2.05) is 19.1 Å². The van der Waals surface area contributed by atoms with Crippen LogP contribution in [0, 0.1) is 5.92 Å². The molecule has 106 valence electrons. The summed E-state index contributed by atoms with van der Waals surface area (Å²) in [4.78, 5) is 0. The predicted molar refractivity (Wildman–Crippen MR) is 79.5 cm³/mol. The molecule has 3 heteroatoms. The quantitative estimate of drug-likeness (QED) is 0.741. The minimum absolute atomic E-state index is 0.729. The van der Waals surface area contributed by atoms with Gasteiger partial charge in [-0.15, -0.1) is 0 Å². The topological polar surface area (TPSA) is 33.3 Å². The third-order valence-electron chi connectivity index (χ3n) is 3.69. The standard InChI is InChI=1S/C16H26N2O/c1-2-19-16-7-5-15(6-8-16)13-18-11-9-14-4-3-10-17-12-14/h5-8,14,17-18H,2-4,9-13H2,1H3. The van der Waals surface area contributed by atoms with Gasteiger partial charge in [-0.05, 0) is 69.4 Å². The smallest absolute Gasteiger partial charge is 0.119 e. The normalized spacial score (nSPS) is 19.3. The average Bonchev–Trinajstić information content (AvgIpc) is 2.47. The summed E-state index contributed by atoms with van der Waals surface area (Å²) in [5.41, 5.74) is 1.32. The number of piperidine rings is 1. The molecule has 1 atom stereocenters. The lowest BCUT2D eigenvalue weighted by molar-refractivity contribution is 0.340. The second kappa shape index (κ2) is 8.18. The van der Waals surface area contributed by atoms with Crippen LogP contribution < -0.4 is 15.4 Å². The molecule has 0 bridgehead atoms. The second-order valence-corrected chi connectivity index (χ2v) is 5.25. The van der Waals surface area contributed by atoms with Crippen molar-refractivity contribution in [1.29, 1.82) is 0 Å². The number of benzene rings is 1. The Balaban J connectivity index is 1.62. The first kappa shape index (κ1) is 14.4. The van der Waals surface area contributed by atoms with E-state index >= 15 is 0 Å². The maximum Gasteiger partial charge on any atom is 0.119 e. The summed E-state index contributed by atoms with van der Waals surface area (Å²) in [6.45, 7) is 7.20. The predicted octanol–water partition coefficient (Wildman–Crippen LogP) is 2.56. The van der Waals surface area contributed by atoms with Crippen molar-refractivity contribution in [3.05, 3.63) is 29.8 Å². The van der Waals surface area contributed by atoms with Crippen molar-refractivity contribution in [3.63, 3.8) is 0 Å². The SMILES string of the molecule is CCOc1ccc(CNCCC2CCCNC2)cc1. The highest BCUT2D eigenvalue weighted by molar-refractivity contribution is 5.27. The molecule has 1 heterocycles. The van der Waals surface area contributed by atoms with Gasteiger partial charge in [0.1, 0.15) is 5.75 Å². The lowest BCUT2D eigenvalue weighted by Crippen LogP contribution is -2.31. The summed E-state index contributed by atoms with van der Waals surface area (Å²) >= 11 is 0. The zero-order chi connectivity index (χ0) is 13.3. The minimum atomic E-state index is 0.729. The molecular formula is C16H26N2O. The molecule has 0 aromatic heterocycles. The Kier molecular flexibility index (Phi) is 6.18. The Bertz CT molecular complexity index is 344. The molecule has 2 N–H and O–H groups in total. The number of ether oxygens (including phenoxy) is 1. The van der Waals surface area contributed by atoms with Crippen LogP contribution in [0.4, 0.5) is 0 Å². The second-order valence-electron chi connectivity index (χ2n) is 5.25. The van der Waals surface area contributed by atoms with Crippen LogP contribution in [-0.4, -0.2) is 26.2 Å². The molecule has 1 aliphatic rings. The Morgan fingerprint density at radius 2 is 2.16 bits per heavy atom. The lowest BCUT2D eigenvalue weighted by atomic mass is 9.96. The van der Waals surface area contributed by atoms with Crippen LogP contribution in [0.5, 0.6) is 5.75 Å². The Hall–Kier alpha value is -1.06. The fourth-order valence-electron chi connectivity index (χ4n) is 2.58. The van der Waals surface area contributed by atoms with Crippen LogP contribution in [-0.2, 0) is 6.54 Å². The molecule has 1 aliphatic heterocycles. The number of hydrogen-bond acceptors (Lipinski definition) is 3. The van der Waals surface area contributed by atoms with Gasteiger partial charge < -0.3 is 15.4 Å². The maximum absolute atomic E-state index is 5.44. The molecule has 1 fully saturated rings. The van der Waals surface area contributed by atoms with Crippen molar-refractivity contribution in [2.75, 3.05) is 26.2 Å². The van der Waals surface area contributed by atoms with Crippen LogP contribution >= 0.6 is 0 Å². The molecule has 1 unspecified atom stereocenters. The van der Waals surface area contributed by atoms with Crippen LogP contribution in [0.1, 0.15) is 31.7 Å². The van der Waals surface area contributed by atoms with Gasteiger partial charge in [0.2, 0.25) is 0 Å². The maximum atomic E-state index is 5.44. The van der Waals surface area contributed by atoms with Gasteiger partial charge in [-0.25, -0.2) is 0 Å². The van der Waals surface area contributed by atoms with E-state index in [4.69, 9.17) is 4.74 Å². The summed E-state index contributed by atoms with van der Waals surface area (Å²) in [5.74, 6) is 1.82. The fraction of sp³-hybridized carbons (Fsp3) is 0.625. The summed E-state index contributed by atoms with van der Waals surface area (Å²) in [7, 11) is 0. The van der Waals surface area contributed by atoms with E-state index < -0.39 is 0 Å². The van der Waals surface area contributed by atoms with Gasteiger partial charge in [-0.1, -0.05) is 12.1 Å². The molecule has 1 aromatic carbocycles. The number of nitrogens with one attached hydrogen (secondary N) is 2. The van der Waals surface area contributed by atoms with Gasteiger partial charge >= 0.3 is 0 Å². The van der Waals surface area contributed by atoms with Gasteiger partial charge in [0, 0.05) is 6.54 Å². The van der Waals surface area contributed by atoms with Crippen molar-refractivity contribution in [2.45, 2.75) is 32.7 Å². The molecule has 0 radical (unpaired) electrons. The highest BCUT2D eigenvalue weighted by Gasteiger charge is 2.11. The van der Waals surface area contributed by atoms with Gasteiger partial charge in [-0.2, -0.15) is 0 Å². The van der Waals surface area contributed by atoms with Crippen LogP contribution in [0.15, 0.2) is 24.3 Å². The van der Waals surface area contributed by atoms with E-state index in [1.165, 1.54) is 37.9 Å². The first-order chi connectivity index (χ1) is 9.38. The summed E-state index contributed by atoms with van der Waals surface area (Å²) in [5, 5.41) is 7.00. The van der Waals surface area contributed by atoms with Gasteiger partial charge in [-0.3, -0.25) is 0 Å². The number of rotatable bonds is 7. The monoisotopic (exact) mass is 262 g/mol. The Morgan fingerprint density at radius 3 is 2.84 bits per heavy atom. The van der Waals surface area contributed by atoms with Gasteiger partial charge in [0.25, 0.3) is 0 Å². The Morgan fingerprint density at radius 1 is 1.32 bits per heavy atom. The van der Waals surface area contributed by atoms with Crippen molar-refractivity contribution < 1.29 is 4.74 Å². The molecule has 19 heavy (non-hydrogen) atoms. The van der Waals surface area contributed by atoms with Crippen molar-refractivity contribution in [3.8, 4) is 5.75 Å². The Labute approximate surface area is 116 Å². The van der Waals surface area contributed by atoms with E-state index in [1.54, 1.807) is 0 Å². The highest BCUT2D eigenvalue weighted by atomic mass is 16.5. The highest BCUT2D eigenvalue weighted by Crippen LogP contribution is 2.14. The zero-order valence-electron chi connectivity index (χ0n) is 12.0. The van der Waals surface area contributed by atoms with E-state index in [2.05, 4.69) is 22.8 Å². The van der Waals surface area contributed by atoms with Crippen LogP contribution in [0.25, 0.3) is 0 Å². The lowest BCUT2D eigenvalue weighted by Gasteiger charge is -2.22. The summed E-state index contributed by atoms with van der Waals surface area (Å²) < 4.78 is 5.44. The van der Waals surface area contributed by atoms with Crippen LogP contribution in [0.3, 0.4) is 0 Å². The van der Waals surface area contributed by atoms with Gasteiger partial charge in [0.15, 0.2) is 0 Å². The molecule has 0 saturated carbocycles. The molecule has 1 aromatic rings. The molecule has 0 spiro atoms. The van der Waals surface area contributed by atoms with E-state index in [9.17, 15) is 0 Å². The number of hydrogen-bond donors (Lipinski definition) is 2. The van der Waals surface area contributed by atoms with E-state index in [0.717, 1.165) is 31.4 Å². The molecule has 0 aliphatic carbocycles. The first-order valence-corrected chi connectivity index (χ1v) is 7.51. The molecular weight excluding hydrogens is 236 g/mol. The van der Waals surface area contributed by atoms with E-state index in [-0.39, 0.29) is 0 Å². The van der Waals surface area contributed by atoms with Crippen molar-refractivity contribution in [1.82, 2.24) is 10.6 Å². The van der Waals surface area contributed by atoms with E-state index in [0.29, 0.717) is 0 Å². The molecule has 2 rings (SSSR count). The third kappa shape index (κ3) is 5.21. The molecule has 0 amide bonds.